The van der Waals surface area contributed by atoms with Gasteiger partial charge in [-0.05, 0) is 43.9 Å². The van der Waals surface area contributed by atoms with Crippen LogP contribution >= 0.6 is 0 Å². The summed E-state index contributed by atoms with van der Waals surface area (Å²) in [7, 11) is 0. The maximum Gasteiger partial charge on any atom is 0.0368 e. The molecule has 1 heteroatoms. The zero-order chi connectivity index (χ0) is 11.1. The summed E-state index contributed by atoms with van der Waals surface area (Å²) in [5.41, 5.74) is 2.77. The van der Waals surface area contributed by atoms with Crippen LogP contribution in [0.1, 0.15) is 38.7 Å². The molecule has 1 fully saturated rings. The summed E-state index contributed by atoms with van der Waals surface area (Å²) < 4.78 is 0. The first kappa shape index (κ1) is 12.1. The van der Waals surface area contributed by atoms with Crippen molar-refractivity contribution in [3.05, 3.63) is 29.8 Å². The van der Waals surface area contributed by atoms with E-state index in [0.717, 1.165) is 0 Å². The van der Waals surface area contributed by atoms with E-state index >= 15 is 0 Å². The number of rotatable bonds is 1. The highest BCUT2D eigenvalue weighted by molar-refractivity contribution is 5.48. The van der Waals surface area contributed by atoms with E-state index in [1.807, 2.05) is 13.8 Å². The molecule has 0 spiro atoms. The zero-order valence-electron chi connectivity index (χ0n) is 10.3. The summed E-state index contributed by atoms with van der Waals surface area (Å²) in [5.74, 6) is 0. The van der Waals surface area contributed by atoms with E-state index < -0.39 is 0 Å². The summed E-state index contributed by atoms with van der Waals surface area (Å²) in [4.78, 5) is 2.50. The minimum Gasteiger partial charge on any atom is -0.372 e. The highest BCUT2D eigenvalue weighted by Crippen LogP contribution is 2.20. The van der Waals surface area contributed by atoms with Gasteiger partial charge < -0.3 is 4.90 Å². The van der Waals surface area contributed by atoms with Gasteiger partial charge in [-0.3, -0.25) is 0 Å². The normalized spacial score (nSPS) is 15.5. The number of hydrogen-bond donors (Lipinski definition) is 0. The van der Waals surface area contributed by atoms with E-state index in [9.17, 15) is 0 Å². The maximum atomic E-state index is 2.50. The molecule has 1 saturated heterocycles. The Morgan fingerprint density at radius 2 is 1.67 bits per heavy atom. The van der Waals surface area contributed by atoms with Crippen molar-refractivity contribution in [3.8, 4) is 0 Å². The molecule has 0 saturated carbocycles. The Morgan fingerprint density at radius 1 is 1.00 bits per heavy atom. The smallest absolute Gasteiger partial charge is 0.0368 e. The van der Waals surface area contributed by atoms with Gasteiger partial charge in [0.15, 0.2) is 0 Å². The Kier molecular flexibility index (Phi) is 5.23. The fraction of sp³-hybridized carbons (Fsp3) is 0.571. The van der Waals surface area contributed by atoms with Gasteiger partial charge in [-0.1, -0.05) is 26.0 Å². The highest BCUT2D eigenvalue weighted by Gasteiger charge is 2.09. The maximum absolute atomic E-state index is 2.50. The van der Waals surface area contributed by atoms with Crippen LogP contribution in [0.15, 0.2) is 24.3 Å². The van der Waals surface area contributed by atoms with E-state index in [0.29, 0.717) is 0 Å². The number of benzene rings is 1. The number of nitrogens with zero attached hydrogens (tertiary/aromatic N) is 1. The summed E-state index contributed by atoms with van der Waals surface area (Å²) in [6, 6.07) is 8.82. The molecule has 15 heavy (non-hydrogen) atoms. The lowest BCUT2D eigenvalue weighted by atomic mass is 10.1. The molecule has 0 N–H and O–H groups in total. The molecule has 0 aliphatic carbocycles. The fourth-order valence-corrected chi connectivity index (χ4v) is 1.98. The van der Waals surface area contributed by atoms with E-state index in [1.165, 1.54) is 43.6 Å². The van der Waals surface area contributed by atoms with Gasteiger partial charge in [0, 0.05) is 18.8 Å². The lowest BCUT2D eigenvalue weighted by Crippen LogP contribution is -2.29. The third kappa shape index (κ3) is 3.58. The standard InChI is InChI=1S/C12H17N.C2H6/c1-11-6-5-7-12(10-11)13-8-3-2-4-9-13;1-2/h5-7,10H,2-4,8-9H2,1H3;1-2H3. The van der Waals surface area contributed by atoms with Crippen LogP contribution in [0.4, 0.5) is 5.69 Å². The molecule has 1 heterocycles. The molecule has 84 valence electrons. The molecule has 1 aliphatic heterocycles. The van der Waals surface area contributed by atoms with E-state index in [1.54, 1.807) is 0 Å². The third-order valence-electron chi connectivity index (χ3n) is 2.72. The monoisotopic (exact) mass is 205 g/mol. The number of aryl methyl sites for hydroxylation is 1. The minimum absolute atomic E-state index is 1.24. The van der Waals surface area contributed by atoms with Gasteiger partial charge in [0.25, 0.3) is 0 Å². The molecule has 2 rings (SSSR count). The molecule has 1 aliphatic rings. The zero-order valence-corrected chi connectivity index (χ0v) is 10.3. The molecule has 0 bridgehead atoms. The molecule has 1 aromatic carbocycles. The summed E-state index contributed by atoms with van der Waals surface area (Å²) in [6.07, 6.45) is 4.12. The predicted octanol–water partition coefficient (Wildman–Crippen LogP) is 4.01. The molecule has 0 atom stereocenters. The molecule has 1 nitrogen and oxygen atoms in total. The second-order valence-electron chi connectivity index (χ2n) is 3.89. The lowest BCUT2D eigenvalue weighted by molar-refractivity contribution is 0.578. The third-order valence-corrected chi connectivity index (χ3v) is 2.72. The van der Waals surface area contributed by atoms with Crippen LogP contribution in [-0.2, 0) is 0 Å². The molecule has 0 amide bonds. The van der Waals surface area contributed by atoms with Crippen molar-refractivity contribution < 1.29 is 0 Å². The van der Waals surface area contributed by atoms with Crippen LogP contribution in [-0.4, -0.2) is 13.1 Å². The Labute approximate surface area is 94.1 Å². The van der Waals surface area contributed by atoms with Gasteiger partial charge in [0.05, 0.1) is 0 Å². The van der Waals surface area contributed by atoms with Crippen LogP contribution in [0.25, 0.3) is 0 Å². The summed E-state index contributed by atoms with van der Waals surface area (Å²) in [6.45, 7) is 8.64. The molecule has 0 unspecified atom stereocenters. The average molecular weight is 205 g/mol. The van der Waals surface area contributed by atoms with E-state index in [2.05, 4.69) is 36.1 Å². The van der Waals surface area contributed by atoms with Gasteiger partial charge in [-0.15, -0.1) is 0 Å². The minimum atomic E-state index is 1.24. The van der Waals surface area contributed by atoms with Crippen molar-refractivity contribution in [2.24, 2.45) is 0 Å². The topological polar surface area (TPSA) is 3.24 Å². The van der Waals surface area contributed by atoms with Crippen molar-refractivity contribution in [2.45, 2.75) is 40.0 Å². The Bertz CT molecular complexity index is 274. The second kappa shape index (κ2) is 6.49. The lowest BCUT2D eigenvalue weighted by Gasteiger charge is -2.28. The fourth-order valence-electron chi connectivity index (χ4n) is 1.98. The number of anilines is 1. The first-order chi connectivity index (χ1) is 7.36. The van der Waals surface area contributed by atoms with Crippen molar-refractivity contribution in [1.82, 2.24) is 0 Å². The van der Waals surface area contributed by atoms with Crippen molar-refractivity contribution in [1.29, 1.82) is 0 Å². The highest BCUT2D eigenvalue weighted by atomic mass is 15.1. The van der Waals surface area contributed by atoms with Crippen molar-refractivity contribution >= 4 is 5.69 Å². The summed E-state index contributed by atoms with van der Waals surface area (Å²) >= 11 is 0. The SMILES string of the molecule is CC.Cc1cccc(N2CCCCC2)c1. The first-order valence-corrected chi connectivity index (χ1v) is 6.18. The van der Waals surface area contributed by atoms with Gasteiger partial charge in [0.2, 0.25) is 0 Å². The Morgan fingerprint density at radius 3 is 2.27 bits per heavy atom. The predicted molar refractivity (Wildman–Crippen MR) is 68.6 cm³/mol. The Hall–Kier alpha value is -0.980. The molecule has 1 aromatic rings. The number of piperidine rings is 1. The molecular weight excluding hydrogens is 182 g/mol. The Balaban J connectivity index is 0.000000531. The van der Waals surface area contributed by atoms with Crippen LogP contribution < -0.4 is 4.90 Å². The quantitative estimate of drug-likeness (QED) is 0.669. The van der Waals surface area contributed by atoms with E-state index in [-0.39, 0.29) is 0 Å². The van der Waals surface area contributed by atoms with Crippen LogP contribution in [0.2, 0.25) is 0 Å². The van der Waals surface area contributed by atoms with Gasteiger partial charge >= 0.3 is 0 Å². The second-order valence-corrected chi connectivity index (χ2v) is 3.89. The molecular formula is C14H23N. The molecule has 0 aromatic heterocycles. The van der Waals surface area contributed by atoms with Gasteiger partial charge in [-0.25, -0.2) is 0 Å². The molecule has 0 radical (unpaired) electrons. The summed E-state index contributed by atoms with van der Waals surface area (Å²) in [5, 5.41) is 0. The van der Waals surface area contributed by atoms with Gasteiger partial charge in [0.1, 0.15) is 0 Å². The van der Waals surface area contributed by atoms with E-state index in [4.69, 9.17) is 0 Å². The van der Waals surface area contributed by atoms with Crippen molar-refractivity contribution in [2.75, 3.05) is 18.0 Å². The number of hydrogen-bond acceptors (Lipinski definition) is 1. The van der Waals surface area contributed by atoms with Crippen LogP contribution in [0.3, 0.4) is 0 Å². The van der Waals surface area contributed by atoms with Crippen LogP contribution in [0, 0.1) is 6.92 Å². The average Bonchev–Trinajstić information content (AvgIpc) is 2.33. The van der Waals surface area contributed by atoms with Crippen LogP contribution in [0.5, 0.6) is 0 Å². The van der Waals surface area contributed by atoms with Crippen molar-refractivity contribution in [3.63, 3.8) is 0 Å². The first-order valence-electron chi connectivity index (χ1n) is 6.18. The van der Waals surface area contributed by atoms with Gasteiger partial charge in [-0.2, -0.15) is 0 Å². The largest absolute Gasteiger partial charge is 0.372 e.